The van der Waals surface area contributed by atoms with E-state index in [0.717, 1.165) is 41.6 Å². The zero-order chi connectivity index (χ0) is 15.8. The summed E-state index contributed by atoms with van der Waals surface area (Å²) < 4.78 is 5.92. The third-order valence-electron chi connectivity index (χ3n) is 3.72. The lowest BCUT2D eigenvalue weighted by Crippen LogP contribution is -2.05. The molecular weight excluding hydrogens is 294 g/mol. The van der Waals surface area contributed by atoms with E-state index in [1.807, 2.05) is 43.3 Å². The highest BCUT2D eigenvalue weighted by Crippen LogP contribution is 2.25. The first-order valence-electron chi connectivity index (χ1n) is 7.92. The van der Waals surface area contributed by atoms with Crippen molar-refractivity contribution in [1.82, 2.24) is 0 Å². The van der Waals surface area contributed by atoms with Crippen LogP contribution in [-0.2, 0) is 6.54 Å². The van der Waals surface area contributed by atoms with Crippen molar-refractivity contribution in [1.29, 1.82) is 0 Å². The fourth-order valence-corrected chi connectivity index (χ4v) is 2.49. The average Bonchev–Trinajstić information content (AvgIpc) is 2.54. The summed E-state index contributed by atoms with van der Waals surface area (Å²) in [5.41, 5.74) is 3.30. The highest BCUT2D eigenvalue weighted by molar-refractivity contribution is 6.31. The molecule has 2 aromatic rings. The van der Waals surface area contributed by atoms with Crippen LogP contribution in [0.3, 0.4) is 0 Å². The number of rotatable bonds is 8. The molecule has 22 heavy (non-hydrogen) atoms. The van der Waals surface area contributed by atoms with Crippen LogP contribution in [0, 0.1) is 6.92 Å². The van der Waals surface area contributed by atoms with E-state index in [4.69, 9.17) is 16.3 Å². The van der Waals surface area contributed by atoms with E-state index in [0.29, 0.717) is 0 Å². The Kier molecular flexibility index (Phi) is 6.60. The van der Waals surface area contributed by atoms with E-state index in [-0.39, 0.29) is 0 Å². The zero-order valence-corrected chi connectivity index (χ0v) is 14.1. The van der Waals surface area contributed by atoms with Crippen molar-refractivity contribution in [2.24, 2.45) is 0 Å². The number of halogens is 1. The maximum Gasteiger partial charge on any atom is 0.124 e. The van der Waals surface area contributed by atoms with Crippen LogP contribution in [0.25, 0.3) is 0 Å². The summed E-state index contributed by atoms with van der Waals surface area (Å²) >= 11 is 6.16. The number of para-hydroxylation sites is 1. The minimum Gasteiger partial charge on any atom is -0.493 e. The zero-order valence-electron chi connectivity index (χ0n) is 13.4. The summed E-state index contributed by atoms with van der Waals surface area (Å²) in [7, 11) is 0. The van der Waals surface area contributed by atoms with Crippen molar-refractivity contribution in [3.05, 3.63) is 58.6 Å². The van der Waals surface area contributed by atoms with Crippen LogP contribution in [0.5, 0.6) is 5.75 Å². The summed E-state index contributed by atoms with van der Waals surface area (Å²) in [6.07, 6.45) is 3.52. The van der Waals surface area contributed by atoms with Crippen LogP contribution in [0.4, 0.5) is 5.69 Å². The van der Waals surface area contributed by atoms with Crippen molar-refractivity contribution in [3.63, 3.8) is 0 Å². The second-order valence-electron chi connectivity index (χ2n) is 5.43. The molecule has 0 heterocycles. The van der Waals surface area contributed by atoms with Gasteiger partial charge in [-0.25, -0.2) is 0 Å². The lowest BCUT2D eigenvalue weighted by molar-refractivity contribution is 0.303. The molecule has 0 aromatic heterocycles. The molecule has 2 aromatic carbocycles. The fraction of sp³-hybridized carbons (Fsp3) is 0.368. The van der Waals surface area contributed by atoms with E-state index >= 15 is 0 Å². The monoisotopic (exact) mass is 317 g/mol. The molecule has 3 heteroatoms. The van der Waals surface area contributed by atoms with E-state index in [1.165, 1.54) is 18.4 Å². The molecule has 0 fully saturated rings. The highest BCUT2D eigenvalue weighted by Gasteiger charge is 2.05. The molecule has 0 atom stereocenters. The molecule has 0 aliphatic rings. The van der Waals surface area contributed by atoms with Gasteiger partial charge >= 0.3 is 0 Å². The van der Waals surface area contributed by atoms with Crippen LogP contribution in [0.1, 0.15) is 37.3 Å². The van der Waals surface area contributed by atoms with Crippen LogP contribution >= 0.6 is 11.6 Å². The summed E-state index contributed by atoms with van der Waals surface area (Å²) in [6.45, 7) is 5.73. The average molecular weight is 318 g/mol. The molecule has 2 nitrogen and oxygen atoms in total. The van der Waals surface area contributed by atoms with Crippen molar-refractivity contribution in [2.75, 3.05) is 11.9 Å². The summed E-state index contributed by atoms with van der Waals surface area (Å²) in [4.78, 5) is 0. The lowest BCUT2D eigenvalue weighted by atomic mass is 10.1. The molecule has 0 aliphatic carbocycles. The molecule has 0 amide bonds. The molecule has 0 saturated heterocycles. The van der Waals surface area contributed by atoms with Crippen LogP contribution in [0.2, 0.25) is 5.02 Å². The first-order valence-corrected chi connectivity index (χ1v) is 8.30. The SMILES string of the molecule is CCCCCOc1ccccc1CNc1cccc(Cl)c1C. The molecule has 0 unspecified atom stereocenters. The van der Waals surface area contributed by atoms with Gasteiger partial charge in [-0.15, -0.1) is 0 Å². The highest BCUT2D eigenvalue weighted by atomic mass is 35.5. The summed E-state index contributed by atoms with van der Waals surface area (Å²) in [5.74, 6) is 0.964. The smallest absolute Gasteiger partial charge is 0.124 e. The molecule has 2 rings (SSSR count). The third-order valence-corrected chi connectivity index (χ3v) is 4.12. The Balaban J connectivity index is 1.99. The molecule has 118 valence electrons. The van der Waals surface area contributed by atoms with Gasteiger partial charge in [0.05, 0.1) is 6.61 Å². The van der Waals surface area contributed by atoms with Gasteiger partial charge in [0.2, 0.25) is 0 Å². The Morgan fingerprint density at radius 2 is 1.86 bits per heavy atom. The number of benzene rings is 2. The maximum absolute atomic E-state index is 6.16. The minimum atomic E-state index is 0.727. The predicted octanol–water partition coefficient (Wildman–Crippen LogP) is 5.83. The molecule has 0 bridgehead atoms. The second kappa shape index (κ2) is 8.70. The van der Waals surface area contributed by atoms with E-state index in [9.17, 15) is 0 Å². The van der Waals surface area contributed by atoms with Gasteiger partial charge in [0.1, 0.15) is 5.75 Å². The Hall–Kier alpha value is -1.67. The third kappa shape index (κ3) is 4.67. The van der Waals surface area contributed by atoms with Gasteiger partial charge < -0.3 is 10.1 Å². The van der Waals surface area contributed by atoms with Crippen molar-refractivity contribution in [2.45, 2.75) is 39.7 Å². The van der Waals surface area contributed by atoms with Crippen molar-refractivity contribution in [3.8, 4) is 5.75 Å². The van der Waals surface area contributed by atoms with Crippen LogP contribution in [-0.4, -0.2) is 6.61 Å². The first kappa shape index (κ1) is 16.7. The lowest BCUT2D eigenvalue weighted by Gasteiger charge is -2.14. The maximum atomic E-state index is 6.16. The van der Waals surface area contributed by atoms with Crippen molar-refractivity contribution < 1.29 is 4.74 Å². The summed E-state index contributed by atoms with van der Waals surface area (Å²) in [5, 5.41) is 4.23. The number of unbranched alkanes of at least 4 members (excludes halogenated alkanes) is 2. The Bertz CT molecular complexity index is 598. The van der Waals surface area contributed by atoms with E-state index in [2.05, 4.69) is 18.3 Å². The Morgan fingerprint density at radius 3 is 2.68 bits per heavy atom. The molecule has 0 saturated carbocycles. The quantitative estimate of drug-likeness (QED) is 0.618. The second-order valence-corrected chi connectivity index (χ2v) is 5.84. The predicted molar refractivity (Wildman–Crippen MR) is 95.0 cm³/mol. The fourth-order valence-electron chi connectivity index (χ4n) is 2.31. The number of nitrogens with one attached hydrogen (secondary N) is 1. The van der Waals surface area contributed by atoms with Gasteiger partial charge in [0, 0.05) is 22.8 Å². The number of anilines is 1. The van der Waals surface area contributed by atoms with E-state index in [1.54, 1.807) is 0 Å². The van der Waals surface area contributed by atoms with Crippen LogP contribution in [0.15, 0.2) is 42.5 Å². The van der Waals surface area contributed by atoms with Crippen LogP contribution < -0.4 is 10.1 Å². The number of hydrogen-bond acceptors (Lipinski definition) is 2. The van der Waals surface area contributed by atoms with Gasteiger partial charge in [0.15, 0.2) is 0 Å². The molecule has 0 radical (unpaired) electrons. The topological polar surface area (TPSA) is 21.3 Å². The summed E-state index contributed by atoms with van der Waals surface area (Å²) in [6, 6.07) is 14.1. The first-order chi connectivity index (χ1) is 10.7. The Morgan fingerprint density at radius 1 is 1.05 bits per heavy atom. The van der Waals surface area contributed by atoms with Gasteiger partial charge in [-0.2, -0.15) is 0 Å². The largest absolute Gasteiger partial charge is 0.493 e. The number of ether oxygens (including phenoxy) is 1. The van der Waals surface area contributed by atoms with E-state index < -0.39 is 0 Å². The van der Waals surface area contributed by atoms with Gasteiger partial charge in [-0.1, -0.05) is 55.6 Å². The normalized spacial score (nSPS) is 10.5. The molecule has 0 spiro atoms. The molecule has 1 N–H and O–H groups in total. The van der Waals surface area contributed by atoms with Gasteiger partial charge in [-0.3, -0.25) is 0 Å². The molecular formula is C19H24ClNO. The standard InChI is InChI=1S/C19H24ClNO/c1-3-4-7-13-22-19-12-6-5-9-16(19)14-21-18-11-8-10-17(20)15(18)2/h5-6,8-12,21H,3-4,7,13-14H2,1-2H3. The van der Waals surface area contributed by atoms with Gasteiger partial charge in [0.25, 0.3) is 0 Å². The Labute approximate surface area is 138 Å². The van der Waals surface area contributed by atoms with Gasteiger partial charge in [-0.05, 0) is 37.1 Å². The number of hydrogen-bond donors (Lipinski definition) is 1. The molecule has 0 aliphatic heterocycles. The van der Waals surface area contributed by atoms with Crippen molar-refractivity contribution >= 4 is 17.3 Å². The minimum absolute atomic E-state index is 0.727.